The van der Waals surface area contributed by atoms with Crippen LogP contribution in [0.2, 0.25) is 5.02 Å². The molecule has 0 fully saturated rings. The van der Waals surface area contributed by atoms with Crippen LogP contribution in [0.5, 0.6) is 0 Å². The molecule has 2 N–H and O–H groups in total. The Bertz CT molecular complexity index is 716. The van der Waals surface area contributed by atoms with Crippen molar-refractivity contribution in [2.75, 3.05) is 10.6 Å². The summed E-state index contributed by atoms with van der Waals surface area (Å²) in [5.74, 6) is -0.0162. The van der Waals surface area contributed by atoms with Gasteiger partial charge < -0.3 is 10.6 Å². The molecule has 0 bridgehead atoms. The minimum absolute atomic E-state index is 0.0854. The zero-order chi connectivity index (χ0) is 16.1. The molecule has 0 unspecified atom stereocenters. The normalized spacial score (nSPS) is 10.1. The number of nitrogens with zero attached hydrogens (tertiary/aromatic N) is 1. The monoisotopic (exact) mass is 317 g/mol. The molecule has 114 valence electrons. The molecule has 1 aromatic heterocycles. The lowest BCUT2D eigenvalue weighted by atomic mass is 10.2. The van der Waals surface area contributed by atoms with Crippen LogP contribution in [0.15, 0.2) is 36.5 Å². The molecular weight excluding hydrogens is 302 g/mol. The fourth-order valence-corrected chi connectivity index (χ4v) is 2.04. The van der Waals surface area contributed by atoms with Crippen molar-refractivity contribution >= 4 is 34.9 Å². The van der Waals surface area contributed by atoms with Crippen LogP contribution >= 0.6 is 11.6 Å². The summed E-state index contributed by atoms with van der Waals surface area (Å²) in [6.07, 6.45) is 1.91. The van der Waals surface area contributed by atoms with Crippen LogP contribution in [0.1, 0.15) is 29.3 Å². The molecule has 0 aliphatic rings. The predicted molar refractivity (Wildman–Crippen MR) is 87.3 cm³/mol. The van der Waals surface area contributed by atoms with Crippen LogP contribution in [-0.4, -0.2) is 16.8 Å². The zero-order valence-electron chi connectivity index (χ0n) is 12.3. The number of carbonyl (C=O) groups excluding carboxylic acids is 2. The molecule has 2 aromatic rings. The van der Waals surface area contributed by atoms with Crippen molar-refractivity contribution in [1.29, 1.82) is 0 Å². The lowest BCUT2D eigenvalue weighted by Gasteiger charge is -2.10. The number of hydrogen-bond donors (Lipinski definition) is 2. The summed E-state index contributed by atoms with van der Waals surface area (Å²) in [5.41, 5.74) is 1.82. The Morgan fingerprint density at radius 2 is 1.95 bits per heavy atom. The highest BCUT2D eigenvalue weighted by atomic mass is 35.5. The molecule has 0 aliphatic heterocycles. The highest BCUT2D eigenvalue weighted by molar-refractivity contribution is 6.34. The van der Waals surface area contributed by atoms with Gasteiger partial charge in [0.25, 0.3) is 5.91 Å². The third kappa shape index (κ3) is 3.83. The van der Waals surface area contributed by atoms with Gasteiger partial charge in [-0.25, -0.2) is 4.98 Å². The average Bonchev–Trinajstić information content (AvgIpc) is 2.50. The maximum atomic E-state index is 12.1. The Morgan fingerprint density at radius 3 is 2.59 bits per heavy atom. The van der Waals surface area contributed by atoms with Gasteiger partial charge in [0.15, 0.2) is 0 Å². The first kappa shape index (κ1) is 16.0. The van der Waals surface area contributed by atoms with E-state index in [1.54, 1.807) is 37.3 Å². The maximum absolute atomic E-state index is 12.1. The van der Waals surface area contributed by atoms with Crippen molar-refractivity contribution in [2.24, 2.45) is 0 Å². The van der Waals surface area contributed by atoms with E-state index in [2.05, 4.69) is 15.6 Å². The van der Waals surface area contributed by atoms with Gasteiger partial charge in [-0.15, -0.1) is 0 Å². The first-order chi connectivity index (χ1) is 10.5. The molecule has 0 saturated carbocycles. The van der Waals surface area contributed by atoms with E-state index in [-0.39, 0.29) is 11.8 Å². The smallest absolute Gasteiger partial charge is 0.258 e. The summed E-state index contributed by atoms with van der Waals surface area (Å²) in [4.78, 5) is 27.7. The number of pyridine rings is 1. The minimum atomic E-state index is -0.331. The van der Waals surface area contributed by atoms with E-state index in [9.17, 15) is 9.59 Å². The molecule has 22 heavy (non-hydrogen) atoms. The molecule has 5 nitrogen and oxygen atoms in total. The second-order valence-electron chi connectivity index (χ2n) is 4.72. The van der Waals surface area contributed by atoms with Crippen molar-refractivity contribution in [3.8, 4) is 0 Å². The first-order valence-corrected chi connectivity index (χ1v) is 7.21. The van der Waals surface area contributed by atoms with E-state index in [0.717, 1.165) is 5.56 Å². The van der Waals surface area contributed by atoms with Crippen LogP contribution in [0, 0.1) is 6.92 Å². The summed E-state index contributed by atoms with van der Waals surface area (Å²) in [5, 5.41) is 5.81. The van der Waals surface area contributed by atoms with E-state index in [1.807, 2.05) is 6.92 Å². The summed E-state index contributed by atoms with van der Waals surface area (Å²) in [6, 6.07) is 8.48. The van der Waals surface area contributed by atoms with Gasteiger partial charge in [0, 0.05) is 6.42 Å². The van der Waals surface area contributed by atoms with E-state index in [1.165, 1.54) is 6.20 Å². The Labute approximate surface area is 133 Å². The van der Waals surface area contributed by atoms with Crippen LogP contribution in [0.3, 0.4) is 0 Å². The van der Waals surface area contributed by atoms with Gasteiger partial charge in [0.2, 0.25) is 5.91 Å². The number of halogens is 1. The van der Waals surface area contributed by atoms with Gasteiger partial charge in [-0.05, 0) is 30.7 Å². The molecule has 2 amide bonds. The minimum Gasteiger partial charge on any atom is -0.325 e. The number of aromatic nitrogens is 1. The fraction of sp³-hybridized carbons (Fsp3) is 0.188. The van der Waals surface area contributed by atoms with Gasteiger partial charge in [-0.1, -0.05) is 30.7 Å². The number of aryl methyl sites for hydroxylation is 1. The van der Waals surface area contributed by atoms with E-state index >= 15 is 0 Å². The molecule has 0 atom stereocenters. The number of anilines is 2. The summed E-state index contributed by atoms with van der Waals surface area (Å²) < 4.78 is 0. The molecule has 2 rings (SSSR count). The van der Waals surface area contributed by atoms with Gasteiger partial charge in [-0.3, -0.25) is 9.59 Å². The Morgan fingerprint density at radius 1 is 1.23 bits per heavy atom. The topological polar surface area (TPSA) is 71.1 Å². The SMILES string of the molecule is CCC(=O)Nc1cnc(NC(=O)c2ccccc2Cl)cc1C. The lowest BCUT2D eigenvalue weighted by molar-refractivity contribution is -0.115. The van der Waals surface area contributed by atoms with Gasteiger partial charge in [0.1, 0.15) is 5.82 Å². The maximum Gasteiger partial charge on any atom is 0.258 e. The molecule has 0 radical (unpaired) electrons. The number of benzene rings is 1. The molecule has 0 spiro atoms. The molecular formula is C16H16ClN3O2. The summed E-state index contributed by atoms with van der Waals surface area (Å²) >= 11 is 5.99. The molecule has 0 saturated heterocycles. The average molecular weight is 318 g/mol. The molecule has 6 heteroatoms. The molecule has 0 aliphatic carbocycles. The van der Waals surface area contributed by atoms with Crippen molar-refractivity contribution in [1.82, 2.24) is 4.98 Å². The van der Waals surface area contributed by atoms with Crippen LogP contribution in [0.25, 0.3) is 0 Å². The van der Waals surface area contributed by atoms with Crippen molar-refractivity contribution in [2.45, 2.75) is 20.3 Å². The highest BCUT2D eigenvalue weighted by Gasteiger charge is 2.11. The van der Waals surface area contributed by atoms with E-state index in [4.69, 9.17) is 11.6 Å². The standard InChI is InChI=1S/C16H16ClN3O2/c1-3-15(21)19-13-9-18-14(8-10(13)2)20-16(22)11-6-4-5-7-12(11)17/h4-9H,3H2,1-2H3,(H,19,21)(H,18,20,22). The van der Waals surface area contributed by atoms with Crippen molar-refractivity contribution in [3.05, 3.63) is 52.7 Å². The van der Waals surface area contributed by atoms with Crippen molar-refractivity contribution < 1.29 is 9.59 Å². The van der Waals surface area contributed by atoms with Crippen LogP contribution in [-0.2, 0) is 4.79 Å². The first-order valence-electron chi connectivity index (χ1n) is 6.83. The Kier molecular flexibility index (Phi) is 5.12. The Balaban J connectivity index is 2.14. The second-order valence-corrected chi connectivity index (χ2v) is 5.13. The predicted octanol–water partition coefficient (Wildman–Crippen LogP) is 3.64. The van der Waals surface area contributed by atoms with E-state index < -0.39 is 0 Å². The second kappa shape index (κ2) is 7.04. The molecule has 1 heterocycles. The number of nitrogens with one attached hydrogen (secondary N) is 2. The third-order valence-corrected chi connectivity index (χ3v) is 3.40. The summed E-state index contributed by atoms with van der Waals surface area (Å²) in [7, 11) is 0. The summed E-state index contributed by atoms with van der Waals surface area (Å²) in [6.45, 7) is 3.61. The number of amides is 2. The third-order valence-electron chi connectivity index (χ3n) is 3.07. The number of hydrogen-bond acceptors (Lipinski definition) is 3. The van der Waals surface area contributed by atoms with Gasteiger partial charge in [0.05, 0.1) is 22.5 Å². The molecule has 1 aromatic carbocycles. The van der Waals surface area contributed by atoms with E-state index in [0.29, 0.717) is 28.5 Å². The fourth-order valence-electron chi connectivity index (χ4n) is 1.82. The van der Waals surface area contributed by atoms with Crippen molar-refractivity contribution in [3.63, 3.8) is 0 Å². The zero-order valence-corrected chi connectivity index (χ0v) is 13.1. The van der Waals surface area contributed by atoms with Gasteiger partial charge in [-0.2, -0.15) is 0 Å². The van der Waals surface area contributed by atoms with Gasteiger partial charge >= 0.3 is 0 Å². The lowest BCUT2D eigenvalue weighted by Crippen LogP contribution is -2.15. The van der Waals surface area contributed by atoms with Crippen LogP contribution in [0.4, 0.5) is 11.5 Å². The largest absolute Gasteiger partial charge is 0.325 e. The number of rotatable bonds is 4. The quantitative estimate of drug-likeness (QED) is 0.904. The highest BCUT2D eigenvalue weighted by Crippen LogP contribution is 2.19. The van der Waals surface area contributed by atoms with Crippen LogP contribution < -0.4 is 10.6 Å². The Hall–Kier alpha value is -2.40. The number of carbonyl (C=O) groups is 2.